The van der Waals surface area contributed by atoms with Gasteiger partial charge in [-0.1, -0.05) is 11.2 Å². The highest BCUT2D eigenvalue weighted by atomic mass is 19.1. The van der Waals surface area contributed by atoms with Crippen LogP contribution in [-0.2, 0) is 6.42 Å². The van der Waals surface area contributed by atoms with Crippen LogP contribution in [0.4, 0.5) is 10.2 Å². The van der Waals surface area contributed by atoms with E-state index in [1.165, 1.54) is 6.07 Å². The molecule has 0 atom stereocenters. The first kappa shape index (κ1) is 12.3. The van der Waals surface area contributed by atoms with Crippen molar-refractivity contribution < 1.29 is 8.91 Å². The van der Waals surface area contributed by atoms with E-state index in [2.05, 4.69) is 15.1 Å². The van der Waals surface area contributed by atoms with Crippen LogP contribution < -0.4 is 5.73 Å². The molecule has 0 spiro atoms. The van der Waals surface area contributed by atoms with Crippen LogP contribution in [0.15, 0.2) is 47.1 Å². The number of hydrogen-bond acceptors (Lipinski definition) is 5. The molecule has 0 unspecified atom stereocenters. The molecule has 0 amide bonds. The quantitative estimate of drug-likeness (QED) is 0.739. The van der Waals surface area contributed by atoms with Crippen LogP contribution in [0.25, 0.3) is 11.3 Å². The Bertz CT molecular complexity index is 741. The summed E-state index contributed by atoms with van der Waals surface area (Å²) < 4.78 is 18.3. The number of aromatic nitrogens is 3. The van der Waals surface area contributed by atoms with Gasteiger partial charge in [-0.25, -0.2) is 9.97 Å². The lowest BCUT2D eigenvalue weighted by molar-refractivity contribution is 0.424. The minimum atomic E-state index is -0.511. The Labute approximate surface area is 114 Å². The van der Waals surface area contributed by atoms with Crippen molar-refractivity contribution in [2.75, 3.05) is 5.73 Å². The normalized spacial score (nSPS) is 10.7. The largest absolute Gasteiger partial charge is 0.383 e. The Kier molecular flexibility index (Phi) is 3.12. The SMILES string of the molecule is Nc1ncccc1-c1cc(Cc2cccc(F)n2)no1. The molecule has 0 aliphatic heterocycles. The van der Waals surface area contributed by atoms with E-state index in [-0.39, 0.29) is 0 Å². The molecule has 2 N–H and O–H groups in total. The average Bonchev–Trinajstić information content (AvgIpc) is 2.87. The maximum atomic E-state index is 13.0. The van der Waals surface area contributed by atoms with Gasteiger partial charge in [-0.05, 0) is 24.3 Å². The maximum absolute atomic E-state index is 13.0. The first-order chi connectivity index (χ1) is 9.72. The summed E-state index contributed by atoms with van der Waals surface area (Å²) in [7, 11) is 0. The van der Waals surface area contributed by atoms with Crippen molar-refractivity contribution in [3.05, 3.63) is 59.9 Å². The number of halogens is 1. The summed E-state index contributed by atoms with van der Waals surface area (Å²) in [6.45, 7) is 0. The van der Waals surface area contributed by atoms with Crippen molar-refractivity contribution in [3.8, 4) is 11.3 Å². The standard InChI is InChI=1S/C14H11FN4O/c15-13-5-1-3-9(18-13)7-10-8-12(20-19-10)11-4-2-6-17-14(11)16/h1-6,8H,7H2,(H2,16,17). The molecule has 5 nitrogen and oxygen atoms in total. The molecule has 20 heavy (non-hydrogen) atoms. The summed E-state index contributed by atoms with van der Waals surface area (Å²) in [6, 6.07) is 9.96. The van der Waals surface area contributed by atoms with Gasteiger partial charge < -0.3 is 10.3 Å². The van der Waals surface area contributed by atoms with Gasteiger partial charge in [0.15, 0.2) is 5.76 Å². The molecular formula is C14H11FN4O. The van der Waals surface area contributed by atoms with E-state index in [1.54, 1.807) is 36.5 Å². The highest BCUT2D eigenvalue weighted by Gasteiger charge is 2.11. The zero-order chi connectivity index (χ0) is 13.9. The van der Waals surface area contributed by atoms with Crippen LogP contribution in [-0.4, -0.2) is 15.1 Å². The second-order valence-electron chi connectivity index (χ2n) is 4.25. The summed E-state index contributed by atoms with van der Waals surface area (Å²) >= 11 is 0. The molecule has 0 bridgehead atoms. The number of nitrogens with two attached hydrogens (primary N) is 1. The zero-order valence-electron chi connectivity index (χ0n) is 10.5. The first-order valence-corrected chi connectivity index (χ1v) is 6.00. The number of nitrogens with zero attached hydrogens (tertiary/aromatic N) is 3. The minimum absolute atomic E-state index is 0.374. The van der Waals surface area contributed by atoms with Crippen LogP contribution in [0.5, 0.6) is 0 Å². The summed E-state index contributed by atoms with van der Waals surface area (Å²) in [4.78, 5) is 7.77. The third kappa shape index (κ3) is 2.49. The summed E-state index contributed by atoms with van der Waals surface area (Å²) in [5.41, 5.74) is 7.69. The molecule has 0 saturated carbocycles. The molecule has 3 aromatic rings. The number of rotatable bonds is 3. The molecule has 0 radical (unpaired) electrons. The monoisotopic (exact) mass is 270 g/mol. The third-order valence-corrected chi connectivity index (χ3v) is 2.80. The van der Waals surface area contributed by atoms with Crippen molar-refractivity contribution in [1.82, 2.24) is 15.1 Å². The smallest absolute Gasteiger partial charge is 0.213 e. The summed E-state index contributed by atoms with van der Waals surface area (Å²) in [5.74, 6) is 0.392. The van der Waals surface area contributed by atoms with Gasteiger partial charge >= 0.3 is 0 Å². The zero-order valence-corrected chi connectivity index (χ0v) is 10.5. The second-order valence-corrected chi connectivity index (χ2v) is 4.25. The van der Waals surface area contributed by atoms with Gasteiger partial charge in [0.05, 0.1) is 11.3 Å². The first-order valence-electron chi connectivity index (χ1n) is 6.00. The van der Waals surface area contributed by atoms with E-state index in [0.717, 1.165) is 0 Å². The Morgan fingerprint density at radius 2 is 2.05 bits per heavy atom. The van der Waals surface area contributed by atoms with Crippen LogP contribution in [0.2, 0.25) is 0 Å². The van der Waals surface area contributed by atoms with E-state index in [4.69, 9.17) is 10.3 Å². The van der Waals surface area contributed by atoms with E-state index in [0.29, 0.717) is 35.0 Å². The lowest BCUT2D eigenvalue weighted by atomic mass is 10.1. The summed E-state index contributed by atoms with van der Waals surface area (Å²) in [6.07, 6.45) is 1.99. The van der Waals surface area contributed by atoms with Gasteiger partial charge in [0.2, 0.25) is 5.95 Å². The molecule has 3 aromatic heterocycles. The van der Waals surface area contributed by atoms with Crippen LogP contribution in [0.1, 0.15) is 11.4 Å². The minimum Gasteiger partial charge on any atom is -0.383 e. The predicted octanol–water partition coefficient (Wildman–Crippen LogP) is 2.44. The van der Waals surface area contributed by atoms with Crippen molar-refractivity contribution >= 4 is 5.82 Å². The maximum Gasteiger partial charge on any atom is 0.213 e. The molecule has 3 rings (SSSR count). The number of anilines is 1. The van der Waals surface area contributed by atoms with Gasteiger partial charge in [0, 0.05) is 24.4 Å². The molecule has 0 aliphatic carbocycles. The van der Waals surface area contributed by atoms with Gasteiger partial charge in [0.25, 0.3) is 0 Å². The fourth-order valence-corrected chi connectivity index (χ4v) is 1.88. The fourth-order valence-electron chi connectivity index (χ4n) is 1.88. The van der Waals surface area contributed by atoms with Gasteiger partial charge in [-0.2, -0.15) is 4.39 Å². The summed E-state index contributed by atoms with van der Waals surface area (Å²) in [5, 5.41) is 3.94. The lowest BCUT2D eigenvalue weighted by Gasteiger charge is -1.98. The van der Waals surface area contributed by atoms with Crippen LogP contribution in [0.3, 0.4) is 0 Å². The van der Waals surface area contributed by atoms with Gasteiger partial charge in [-0.15, -0.1) is 0 Å². The molecule has 0 saturated heterocycles. The molecule has 3 heterocycles. The molecule has 0 aliphatic rings. The fraction of sp³-hybridized carbons (Fsp3) is 0.0714. The Hall–Kier alpha value is -2.76. The number of nitrogen functional groups attached to an aromatic ring is 1. The highest BCUT2D eigenvalue weighted by Crippen LogP contribution is 2.24. The van der Waals surface area contributed by atoms with Crippen molar-refractivity contribution in [2.24, 2.45) is 0 Å². The second kappa shape index (κ2) is 5.08. The van der Waals surface area contributed by atoms with Gasteiger partial charge in [-0.3, -0.25) is 0 Å². The van der Waals surface area contributed by atoms with Crippen LogP contribution >= 0.6 is 0 Å². The molecular weight excluding hydrogens is 259 g/mol. The topological polar surface area (TPSA) is 77.8 Å². The van der Waals surface area contributed by atoms with E-state index >= 15 is 0 Å². The van der Waals surface area contributed by atoms with E-state index in [1.807, 2.05) is 0 Å². The Balaban J connectivity index is 1.86. The third-order valence-electron chi connectivity index (χ3n) is 2.80. The Morgan fingerprint density at radius 3 is 2.85 bits per heavy atom. The molecule has 100 valence electrons. The highest BCUT2D eigenvalue weighted by molar-refractivity contribution is 5.69. The number of pyridine rings is 2. The van der Waals surface area contributed by atoms with Gasteiger partial charge in [0.1, 0.15) is 5.82 Å². The van der Waals surface area contributed by atoms with E-state index in [9.17, 15) is 4.39 Å². The molecule has 0 fully saturated rings. The van der Waals surface area contributed by atoms with Crippen molar-refractivity contribution in [1.29, 1.82) is 0 Å². The van der Waals surface area contributed by atoms with Crippen LogP contribution in [0, 0.1) is 5.95 Å². The molecule has 6 heteroatoms. The van der Waals surface area contributed by atoms with Crippen molar-refractivity contribution in [2.45, 2.75) is 6.42 Å². The van der Waals surface area contributed by atoms with E-state index < -0.39 is 5.95 Å². The molecule has 0 aromatic carbocycles. The average molecular weight is 270 g/mol. The Morgan fingerprint density at radius 1 is 1.15 bits per heavy atom. The lowest BCUT2D eigenvalue weighted by Crippen LogP contribution is -1.94. The van der Waals surface area contributed by atoms with Crippen molar-refractivity contribution in [3.63, 3.8) is 0 Å². The number of hydrogen-bond donors (Lipinski definition) is 1. The predicted molar refractivity (Wildman–Crippen MR) is 71.1 cm³/mol.